The number of carbonyl (C=O) groups excluding carboxylic acids is 1. The zero-order valence-corrected chi connectivity index (χ0v) is 13.6. The van der Waals surface area contributed by atoms with Crippen molar-refractivity contribution in [2.24, 2.45) is 10.3 Å². The highest BCUT2D eigenvalue weighted by atomic mass is 32.2. The first-order valence-corrected chi connectivity index (χ1v) is 7.78. The summed E-state index contributed by atoms with van der Waals surface area (Å²) in [5.74, 6) is 0.138. The van der Waals surface area contributed by atoms with Crippen molar-refractivity contribution in [3.63, 3.8) is 0 Å². The van der Waals surface area contributed by atoms with Crippen LogP contribution in [0.4, 0.5) is 0 Å². The van der Waals surface area contributed by atoms with Crippen molar-refractivity contribution >= 4 is 22.7 Å². The number of esters is 1. The van der Waals surface area contributed by atoms with Gasteiger partial charge < -0.3 is 4.74 Å². The fourth-order valence-electron chi connectivity index (χ4n) is 1.70. The van der Waals surface area contributed by atoms with Crippen molar-refractivity contribution in [3.05, 3.63) is 0 Å². The number of hydrogen-bond acceptors (Lipinski definition) is 3. The van der Waals surface area contributed by atoms with Crippen LogP contribution < -0.4 is 0 Å². The van der Waals surface area contributed by atoms with E-state index < -0.39 is 16.6 Å². The van der Waals surface area contributed by atoms with Crippen molar-refractivity contribution in [1.29, 1.82) is 0 Å². The van der Waals surface area contributed by atoms with Crippen molar-refractivity contribution in [3.8, 4) is 0 Å². The molecule has 1 saturated carbocycles. The Hall–Kier alpha value is -0.710. The van der Waals surface area contributed by atoms with Gasteiger partial charge >= 0.3 is 5.97 Å². The average Bonchev–Trinajstić information content (AvgIpc) is 2.09. The molecule has 4 nitrogen and oxygen atoms in total. The Morgan fingerprint density at radius 3 is 2.21 bits per heavy atom. The third kappa shape index (κ3) is 5.85. The van der Waals surface area contributed by atoms with E-state index in [2.05, 4.69) is 4.40 Å². The molecule has 0 aromatic carbocycles. The molecule has 0 N–H and O–H groups in total. The van der Waals surface area contributed by atoms with E-state index in [0.29, 0.717) is 12.3 Å². The molecule has 0 radical (unpaired) electrons. The standard InChI is InChI=1S/C14H25NO3S/c1-13(2,3)18-12(16)9-10-7-11(8-10)15-19(17)14(4,5)6/h10H,7-9H2,1-6H3. The van der Waals surface area contributed by atoms with E-state index in [1.165, 1.54) is 0 Å². The maximum atomic E-state index is 11.8. The van der Waals surface area contributed by atoms with Gasteiger partial charge in [0.2, 0.25) is 0 Å². The summed E-state index contributed by atoms with van der Waals surface area (Å²) in [6, 6.07) is 0. The molecule has 0 spiro atoms. The van der Waals surface area contributed by atoms with E-state index >= 15 is 0 Å². The van der Waals surface area contributed by atoms with Gasteiger partial charge in [-0.15, -0.1) is 0 Å². The smallest absolute Gasteiger partial charge is 0.306 e. The minimum atomic E-state index is -1.19. The lowest BCUT2D eigenvalue weighted by Gasteiger charge is -2.29. The van der Waals surface area contributed by atoms with Crippen LogP contribution in [0.3, 0.4) is 0 Å². The van der Waals surface area contributed by atoms with Crippen molar-refractivity contribution in [2.45, 2.75) is 71.2 Å². The van der Waals surface area contributed by atoms with Gasteiger partial charge in [-0.3, -0.25) is 4.79 Å². The maximum absolute atomic E-state index is 11.8. The molecule has 0 aromatic rings. The highest BCUT2D eigenvalue weighted by Gasteiger charge is 2.30. The highest BCUT2D eigenvalue weighted by molar-refractivity contribution is 7.85. The minimum Gasteiger partial charge on any atom is -0.460 e. The van der Waals surface area contributed by atoms with E-state index in [1.807, 2.05) is 41.5 Å². The topological polar surface area (TPSA) is 55.7 Å². The summed E-state index contributed by atoms with van der Waals surface area (Å²) in [5.41, 5.74) is 0.535. The lowest BCUT2D eigenvalue weighted by Crippen LogP contribution is -2.31. The van der Waals surface area contributed by atoms with Gasteiger partial charge in [0.25, 0.3) is 0 Å². The fourth-order valence-corrected chi connectivity index (χ4v) is 2.36. The third-order valence-electron chi connectivity index (χ3n) is 2.66. The largest absolute Gasteiger partial charge is 0.460 e. The van der Waals surface area contributed by atoms with E-state index in [1.54, 1.807) is 0 Å². The number of hydrogen-bond donors (Lipinski definition) is 0. The molecule has 5 heteroatoms. The Kier molecular flexibility index (Phi) is 4.93. The molecule has 0 aromatic heterocycles. The van der Waals surface area contributed by atoms with Gasteiger partial charge in [0.05, 0.1) is 4.75 Å². The third-order valence-corrected chi connectivity index (χ3v) is 4.13. The Balaban J connectivity index is 2.37. The van der Waals surface area contributed by atoms with Crippen molar-refractivity contribution < 1.29 is 13.7 Å². The van der Waals surface area contributed by atoms with Gasteiger partial charge in [-0.2, -0.15) is 4.40 Å². The predicted molar refractivity (Wildman–Crippen MR) is 78.5 cm³/mol. The summed E-state index contributed by atoms with van der Waals surface area (Å²) in [7, 11) is -1.19. The first-order valence-electron chi connectivity index (χ1n) is 6.67. The van der Waals surface area contributed by atoms with Gasteiger partial charge in [-0.05, 0) is 60.3 Å². The molecule has 1 atom stereocenters. The molecule has 0 saturated heterocycles. The number of carbonyl (C=O) groups is 1. The van der Waals surface area contributed by atoms with Gasteiger partial charge in [-0.25, -0.2) is 4.21 Å². The van der Waals surface area contributed by atoms with Crippen molar-refractivity contribution in [2.75, 3.05) is 0 Å². The second-order valence-electron chi connectivity index (χ2n) is 7.08. The number of ether oxygens (including phenoxy) is 1. The quantitative estimate of drug-likeness (QED) is 0.750. The molecular formula is C14H25NO3S. The summed E-state index contributed by atoms with van der Waals surface area (Å²) >= 11 is 0. The minimum absolute atomic E-state index is 0.159. The second kappa shape index (κ2) is 5.73. The van der Waals surface area contributed by atoms with Gasteiger partial charge in [-0.1, -0.05) is 0 Å². The zero-order chi connectivity index (χ0) is 14.8. The molecule has 19 heavy (non-hydrogen) atoms. The van der Waals surface area contributed by atoms with E-state index in [0.717, 1.165) is 18.6 Å². The molecule has 1 rings (SSSR count). The number of rotatable bonds is 3. The molecule has 1 unspecified atom stereocenters. The van der Waals surface area contributed by atoms with E-state index in [-0.39, 0.29) is 10.7 Å². The molecule has 0 bridgehead atoms. The van der Waals surface area contributed by atoms with E-state index in [4.69, 9.17) is 4.74 Å². The van der Waals surface area contributed by atoms with Crippen LogP contribution >= 0.6 is 0 Å². The fraction of sp³-hybridized carbons (Fsp3) is 0.857. The van der Waals surface area contributed by atoms with Crippen LogP contribution in [0.2, 0.25) is 0 Å². The Labute approximate surface area is 118 Å². The predicted octanol–water partition coefficient (Wildman–Crippen LogP) is 3.03. The summed E-state index contributed by atoms with van der Waals surface area (Å²) in [6.07, 6.45) is 1.96. The molecule has 110 valence electrons. The second-order valence-corrected chi connectivity index (χ2v) is 8.99. The maximum Gasteiger partial charge on any atom is 0.306 e. The number of nitrogens with zero attached hydrogens (tertiary/aromatic N) is 1. The molecular weight excluding hydrogens is 262 g/mol. The molecule has 0 amide bonds. The molecule has 1 aliphatic rings. The molecule has 1 aliphatic carbocycles. The first kappa shape index (κ1) is 16.3. The molecule has 1 fully saturated rings. The summed E-state index contributed by atoms with van der Waals surface area (Å²) in [5, 5.41) is 0. The van der Waals surface area contributed by atoms with Crippen LogP contribution in [-0.4, -0.2) is 26.2 Å². The van der Waals surface area contributed by atoms with Crippen molar-refractivity contribution in [1.82, 2.24) is 0 Å². The summed E-state index contributed by atoms with van der Waals surface area (Å²) in [4.78, 5) is 11.6. The van der Waals surface area contributed by atoms with Crippen LogP contribution in [0.25, 0.3) is 0 Å². The molecule has 0 aliphatic heterocycles. The summed E-state index contributed by atoms with van der Waals surface area (Å²) < 4.78 is 21.0. The zero-order valence-electron chi connectivity index (χ0n) is 12.8. The highest BCUT2D eigenvalue weighted by Crippen LogP contribution is 2.30. The Morgan fingerprint density at radius 2 is 1.79 bits per heavy atom. The lowest BCUT2D eigenvalue weighted by molar-refractivity contribution is -0.156. The van der Waals surface area contributed by atoms with Crippen LogP contribution in [0.5, 0.6) is 0 Å². The van der Waals surface area contributed by atoms with Gasteiger partial charge in [0.15, 0.2) is 0 Å². The average molecular weight is 287 g/mol. The van der Waals surface area contributed by atoms with E-state index in [9.17, 15) is 9.00 Å². The summed E-state index contributed by atoms with van der Waals surface area (Å²) in [6.45, 7) is 11.3. The van der Waals surface area contributed by atoms with Crippen LogP contribution in [-0.2, 0) is 20.5 Å². The van der Waals surface area contributed by atoms with Gasteiger partial charge in [0.1, 0.15) is 16.6 Å². The lowest BCUT2D eigenvalue weighted by atomic mass is 9.81. The van der Waals surface area contributed by atoms with Crippen LogP contribution in [0.15, 0.2) is 4.40 Å². The normalized spacial score (nSPS) is 21.6. The van der Waals surface area contributed by atoms with Crippen LogP contribution in [0.1, 0.15) is 60.8 Å². The Bertz CT molecular complexity index is 394. The van der Waals surface area contributed by atoms with Gasteiger partial charge in [0, 0.05) is 12.1 Å². The molecule has 0 heterocycles. The monoisotopic (exact) mass is 287 g/mol. The Morgan fingerprint density at radius 1 is 1.26 bits per heavy atom. The SMILES string of the molecule is CC(C)(C)OC(=O)CC1CC(=NS(=O)C(C)(C)C)C1. The first-order chi connectivity index (χ1) is 8.47. The van der Waals surface area contributed by atoms with Crippen LogP contribution in [0, 0.1) is 5.92 Å².